The Bertz CT molecular complexity index is 323. The van der Waals surface area contributed by atoms with E-state index in [1.165, 1.54) is 12.0 Å². The van der Waals surface area contributed by atoms with Crippen LogP contribution in [-0.4, -0.2) is 17.2 Å². The Labute approximate surface area is 96.7 Å². The third-order valence-electron chi connectivity index (χ3n) is 3.27. The van der Waals surface area contributed by atoms with Crippen LogP contribution in [0.4, 0.5) is 0 Å². The van der Waals surface area contributed by atoms with E-state index in [1.807, 2.05) is 12.1 Å². The van der Waals surface area contributed by atoms with Gasteiger partial charge in [-0.15, -0.1) is 0 Å². The van der Waals surface area contributed by atoms with Gasteiger partial charge in [0.05, 0.1) is 6.61 Å². The van der Waals surface area contributed by atoms with Crippen molar-refractivity contribution in [3.05, 3.63) is 35.4 Å². The van der Waals surface area contributed by atoms with Crippen LogP contribution >= 0.6 is 0 Å². The summed E-state index contributed by atoms with van der Waals surface area (Å²) in [4.78, 5) is 0. The van der Waals surface area contributed by atoms with Crippen molar-refractivity contribution < 1.29 is 5.11 Å². The van der Waals surface area contributed by atoms with E-state index in [4.69, 9.17) is 10.8 Å². The first-order chi connectivity index (χ1) is 7.78. The summed E-state index contributed by atoms with van der Waals surface area (Å²) in [5, 5.41) is 12.5. The molecule has 1 aromatic rings. The van der Waals surface area contributed by atoms with Crippen LogP contribution in [-0.2, 0) is 13.2 Å². The van der Waals surface area contributed by atoms with Gasteiger partial charge in [0.15, 0.2) is 0 Å². The Hall–Kier alpha value is -0.900. The van der Waals surface area contributed by atoms with Crippen LogP contribution in [0.3, 0.4) is 0 Å². The normalized spacial score (nSPS) is 24.9. The molecule has 16 heavy (non-hydrogen) atoms. The Morgan fingerprint density at radius 3 is 2.44 bits per heavy atom. The summed E-state index contributed by atoms with van der Waals surface area (Å²) in [7, 11) is 0. The number of benzene rings is 1. The van der Waals surface area contributed by atoms with Crippen LogP contribution in [0.5, 0.6) is 0 Å². The highest BCUT2D eigenvalue weighted by Gasteiger charge is 2.20. The Kier molecular flexibility index (Phi) is 3.93. The predicted molar refractivity (Wildman–Crippen MR) is 64.8 cm³/mol. The fourth-order valence-corrected chi connectivity index (χ4v) is 2.23. The summed E-state index contributed by atoms with van der Waals surface area (Å²) in [5.74, 6) is 0. The van der Waals surface area contributed by atoms with Gasteiger partial charge in [0, 0.05) is 18.6 Å². The average molecular weight is 220 g/mol. The summed E-state index contributed by atoms with van der Waals surface area (Å²) in [5.41, 5.74) is 8.09. The lowest BCUT2D eigenvalue weighted by molar-refractivity contribution is 0.282. The lowest BCUT2D eigenvalue weighted by Gasteiger charge is -2.12. The van der Waals surface area contributed by atoms with E-state index in [2.05, 4.69) is 17.4 Å². The van der Waals surface area contributed by atoms with Crippen molar-refractivity contribution in [2.45, 2.75) is 44.5 Å². The molecule has 0 bridgehead atoms. The van der Waals surface area contributed by atoms with Crippen LogP contribution in [0.25, 0.3) is 0 Å². The predicted octanol–water partition coefficient (Wildman–Crippen LogP) is 1.15. The number of hydrogen-bond donors (Lipinski definition) is 3. The van der Waals surface area contributed by atoms with Crippen molar-refractivity contribution in [2.75, 3.05) is 0 Å². The molecule has 0 radical (unpaired) electrons. The second-order valence-corrected chi connectivity index (χ2v) is 4.63. The zero-order valence-corrected chi connectivity index (χ0v) is 9.52. The van der Waals surface area contributed by atoms with Crippen molar-refractivity contribution >= 4 is 0 Å². The molecule has 1 aliphatic carbocycles. The highest BCUT2D eigenvalue weighted by molar-refractivity contribution is 5.21. The summed E-state index contributed by atoms with van der Waals surface area (Å²) in [6.07, 6.45) is 3.42. The van der Waals surface area contributed by atoms with Crippen LogP contribution < -0.4 is 11.1 Å². The molecule has 0 heterocycles. The van der Waals surface area contributed by atoms with Crippen LogP contribution in [0.15, 0.2) is 24.3 Å². The summed E-state index contributed by atoms with van der Waals surface area (Å²) in [6.45, 7) is 1.01. The third kappa shape index (κ3) is 3.04. The lowest BCUT2D eigenvalue weighted by atomic mass is 10.1. The maximum atomic E-state index is 8.93. The zero-order valence-electron chi connectivity index (χ0n) is 9.52. The molecule has 1 saturated carbocycles. The summed E-state index contributed by atoms with van der Waals surface area (Å²) in [6, 6.07) is 9.03. The van der Waals surface area contributed by atoms with E-state index >= 15 is 0 Å². The molecular weight excluding hydrogens is 200 g/mol. The maximum Gasteiger partial charge on any atom is 0.0681 e. The molecule has 0 amide bonds. The highest BCUT2D eigenvalue weighted by atomic mass is 16.3. The van der Waals surface area contributed by atoms with E-state index in [9.17, 15) is 0 Å². The molecular formula is C13H20N2O. The number of rotatable bonds is 4. The Balaban J connectivity index is 1.80. The van der Waals surface area contributed by atoms with Crippen molar-refractivity contribution in [3.8, 4) is 0 Å². The zero-order chi connectivity index (χ0) is 11.4. The minimum atomic E-state index is 0.116. The van der Waals surface area contributed by atoms with Gasteiger partial charge in [-0.25, -0.2) is 0 Å². The molecule has 2 unspecified atom stereocenters. The fraction of sp³-hybridized carbons (Fsp3) is 0.538. The minimum absolute atomic E-state index is 0.116. The van der Waals surface area contributed by atoms with Crippen molar-refractivity contribution in [2.24, 2.45) is 5.73 Å². The quantitative estimate of drug-likeness (QED) is 0.713. The van der Waals surface area contributed by atoms with Crippen molar-refractivity contribution in [1.29, 1.82) is 0 Å². The number of nitrogens with two attached hydrogens (primary N) is 1. The molecule has 0 aromatic heterocycles. The molecule has 0 saturated heterocycles. The van der Waals surface area contributed by atoms with Gasteiger partial charge >= 0.3 is 0 Å². The number of aliphatic hydroxyl groups is 1. The van der Waals surface area contributed by atoms with Gasteiger partial charge < -0.3 is 16.2 Å². The van der Waals surface area contributed by atoms with Gasteiger partial charge in [0.2, 0.25) is 0 Å². The van der Waals surface area contributed by atoms with E-state index in [0.717, 1.165) is 24.9 Å². The maximum absolute atomic E-state index is 8.93. The van der Waals surface area contributed by atoms with Crippen LogP contribution in [0, 0.1) is 0 Å². The number of hydrogen-bond acceptors (Lipinski definition) is 3. The van der Waals surface area contributed by atoms with Gasteiger partial charge in [-0.1, -0.05) is 24.3 Å². The molecule has 3 nitrogen and oxygen atoms in total. The smallest absolute Gasteiger partial charge is 0.0681 e. The Morgan fingerprint density at radius 2 is 1.88 bits per heavy atom. The molecule has 2 rings (SSSR count). The first-order valence-electron chi connectivity index (χ1n) is 5.95. The second-order valence-electron chi connectivity index (χ2n) is 4.63. The van der Waals surface area contributed by atoms with Crippen LogP contribution in [0.2, 0.25) is 0 Å². The first-order valence-corrected chi connectivity index (χ1v) is 5.95. The van der Waals surface area contributed by atoms with E-state index in [0.29, 0.717) is 12.1 Å². The van der Waals surface area contributed by atoms with Gasteiger partial charge in [-0.2, -0.15) is 0 Å². The molecule has 1 aromatic carbocycles. The number of aliphatic hydroxyl groups excluding tert-OH is 1. The third-order valence-corrected chi connectivity index (χ3v) is 3.27. The molecule has 88 valence electrons. The molecule has 0 aliphatic heterocycles. The van der Waals surface area contributed by atoms with Crippen molar-refractivity contribution in [3.63, 3.8) is 0 Å². The van der Waals surface area contributed by atoms with E-state index < -0.39 is 0 Å². The van der Waals surface area contributed by atoms with Crippen molar-refractivity contribution in [1.82, 2.24) is 5.32 Å². The molecule has 1 fully saturated rings. The standard InChI is InChI=1S/C13H20N2O/c14-12-5-6-13(7-12)15-8-10-1-3-11(9-16)4-2-10/h1-4,12-13,15-16H,5-9,14H2. The van der Waals surface area contributed by atoms with Gasteiger partial charge in [-0.3, -0.25) is 0 Å². The largest absolute Gasteiger partial charge is 0.392 e. The topological polar surface area (TPSA) is 58.3 Å². The SMILES string of the molecule is NC1CCC(NCc2ccc(CO)cc2)C1. The van der Waals surface area contributed by atoms with Gasteiger partial charge in [0.25, 0.3) is 0 Å². The van der Waals surface area contributed by atoms with Gasteiger partial charge in [-0.05, 0) is 30.4 Å². The molecule has 0 spiro atoms. The monoisotopic (exact) mass is 220 g/mol. The number of nitrogens with one attached hydrogen (secondary N) is 1. The highest BCUT2D eigenvalue weighted by Crippen LogP contribution is 2.17. The average Bonchev–Trinajstić information content (AvgIpc) is 2.73. The Morgan fingerprint density at radius 1 is 1.19 bits per heavy atom. The fourth-order valence-electron chi connectivity index (χ4n) is 2.23. The van der Waals surface area contributed by atoms with Gasteiger partial charge in [0.1, 0.15) is 0 Å². The summed E-state index contributed by atoms with van der Waals surface area (Å²) < 4.78 is 0. The molecule has 1 aliphatic rings. The summed E-state index contributed by atoms with van der Waals surface area (Å²) >= 11 is 0. The lowest BCUT2D eigenvalue weighted by Crippen LogP contribution is -2.27. The second kappa shape index (κ2) is 5.43. The van der Waals surface area contributed by atoms with E-state index in [1.54, 1.807) is 0 Å². The van der Waals surface area contributed by atoms with Crippen LogP contribution in [0.1, 0.15) is 30.4 Å². The molecule has 3 heteroatoms. The van der Waals surface area contributed by atoms with E-state index in [-0.39, 0.29) is 6.61 Å². The minimum Gasteiger partial charge on any atom is -0.392 e. The molecule has 2 atom stereocenters. The first kappa shape index (κ1) is 11.6. The molecule has 4 N–H and O–H groups in total.